The lowest BCUT2D eigenvalue weighted by atomic mass is 10.1. The quantitative estimate of drug-likeness (QED) is 0.465. The van der Waals surface area contributed by atoms with Gasteiger partial charge in [-0.2, -0.15) is 0 Å². The highest BCUT2D eigenvalue weighted by Gasteiger charge is 2.08. The zero-order valence-corrected chi connectivity index (χ0v) is 8.19. The van der Waals surface area contributed by atoms with Crippen LogP contribution in [0.5, 0.6) is 5.75 Å². The Morgan fingerprint density at radius 3 is 2.60 bits per heavy atom. The lowest BCUT2D eigenvalue weighted by molar-refractivity contribution is -0.128. The van der Waals surface area contributed by atoms with Gasteiger partial charge in [-0.25, -0.2) is 9.59 Å². The molecule has 1 aromatic rings. The molecule has 0 aliphatic heterocycles. The number of rotatable bonds is 3. The summed E-state index contributed by atoms with van der Waals surface area (Å²) >= 11 is 0. The van der Waals surface area contributed by atoms with Crippen molar-refractivity contribution in [2.45, 2.75) is 6.92 Å². The Hall–Kier alpha value is -2.10. The van der Waals surface area contributed by atoms with Crippen molar-refractivity contribution in [2.75, 3.05) is 0 Å². The van der Waals surface area contributed by atoms with E-state index in [9.17, 15) is 9.59 Å². The number of hydrogen-bond donors (Lipinski definition) is 1. The summed E-state index contributed by atoms with van der Waals surface area (Å²) in [5.41, 5.74) is 0.727. The van der Waals surface area contributed by atoms with E-state index in [0.29, 0.717) is 11.3 Å². The molecule has 0 heterocycles. The molecule has 0 fully saturated rings. The fourth-order valence-corrected chi connectivity index (χ4v) is 1.10. The van der Waals surface area contributed by atoms with E-state index in [0.717, 1.165) is 6.08 Å². The third-order valence-corrected chi connectivity index (χ3v) is 1.81. The minimum atomic E-state index is -1.01. The molecule has 4 heteroatoms. The van der Waals surface area contributed by atoms with Crippen molar-refractivity contribution in [1.29, 1.82) is 0 Å². The van der Waals surface area contributed by atoms with Gasteiger partial charge in [0.15, 0.2) is 0 Å². The van der Waals surface area contributed by atoms with E-state index in [4.69, 9.17) is 9.84 Å². The summed E-state index contributed by atoms with van der Waals surface area (Å²) in [6, 6.07) is 4.31. The maximum Gasteiger partial charge on any atom is 0.335 e. The van der Waals surface area contributed by atoms with E-state index in [1.54, 1.807) is 6.92 Å². The molecule has 0 aromatic heterocycles. The van der Waals surface area contributed by atoms with Crippen LogP contribution in [0.15, 0.2) is 30.9 Å². The van der Waals surface area contributed by atoms with E-state index in [2.05, 4.69) is 6.58 Å². The van der Waals surface area contributed by atoms with E-state index < -0.39 is 11.9 Å². The van der Waals surface area contributed by atoms with Crippen molar-refractivity contribution in [3.63, 3.8) is 0 Å². The van der Waals surface area contributed by atoms with Gasteiger partial charge in [-0.3, -0.25) is 0 Å². The predicted molar refractivity (Wildman–Crippen MR) is 54.0 cm³/mol. The zero-order valence-electron chi connectivity index (χ0n) is 8.19. The van der Waals surface area contributed by atoms with Crippen molar-refractivity contribution in [3.8, 4) is 5.75 Å². The Balaban J connectivity index is 2.96. The second-order valence-electron chi connectivity index (χ2n) is 2.91. The number of aryl methyl sites for hydroxylation is 1. The molecule has 1 aromatic carbocycles. The van der Waals surface area contributed by atoms with Crippen molar-refractivity contribution < 1.29 is 19.4 Å². The fraction of sp³-hybridized carbons (Fsp3) is 0.0909. The lowest BCUT2D eigenvalue weighted by Gasteiger charge is -2.04. The average molecular weight is 206 g/mol. The number of carbonyl (C=O) groups excluding carboxylic acids is 1. The molecule has 0 amide bonds. The zero-order chi connectivity index (χ0) is 11.4. The maximum atomic E-state index is 10.9. The number of hydrogen-bond acceptors (Lipinski definition) is 3. The van der Waals surface area contributed by atoms with Crippen molar-refractivity contribution in [2.24, 2.45) is 0 Å². The van der Waals surface area contributed by atoms with Crippen molar-refractivity contribution in [1.82, 2.24) is 0 Å². The standard InChI is InChI=1S/C11H10O4/c1-3-10(12)15-8-4-5-9(11(13)14)7(2)6-8/h3-6H,1H2,2H3,(H,13,14). The van der Waals surface area contributed by atoms with Gasteiger partial charge in [-0.1, -0.05) is 6.58 Å². The minimum Gasteiger partial charge on any atom is -0.478 e. The van der Waals surface area contributed by atoms with E-state index in [-0.39, 0.29) is 5.56 Å². The number of aromatic carboxylic acids is 1. The SMILES string of the molecule is C=CC(=O)Oc1ccc(C(=O)O)c(C)c1. The van der Waals surface area contributed by atoms with Gasteiger partial charge in [0.1, 0.15) is 5.75 Å². The molecule has 0 atom stereocenters. The second-order valence-corrected chi connectivity index (χ2v) is 2.91. The Kier molecular flexibility index (Phi) is 3.23. The molecule has 0 radical (unpaired) electrons. The largest absolute Gasteiger partial charge is 0.478 e. The normalized spacial score (nSPS) is 9.40. The van der Waals surface area contributed by atoms with Crippen LogP contribution >= 0.6 is 0 Å². The molecule has 0 aliphatic carbocycles. The lowest BCUT2D eigenvalue weighted by Crippen LogP contribution is -2.05. The summed E-state index contributed by atoms with van der Waals surface area (Å²) in [7, 11) is 0. The third kappa shape index (κ3) is 2.67. The van der Waals surface area contributed by atoms with E-state index in [1.807, 2.05) is 0 Å². The Bertz CT molecular complexity index is 421. The molecule has 4 nitrogen and oxygen atoms in total. The molecule has 15 heavy (non-hydrogen) atoms. The fourth-order valence-electron chi connectivity index (χ4n) is 1.10. The van der Waals surface area contributed by atoms with Gasteiger partial charge in [0, 0.05) is 6.08 Å². The molecule has 0 spiro atoms. The summed E-state index contributed by atoms with van der Waals surface area (Å²) in [4.78, 5) is 21.5. The summed E-state index contributed by atoms with van der Waals surface area (Å²) in [5.74, 6) is -1.27. The molecule has 0 saturated carbocycles. The van der Waals surface area contributed by atoms with Crippen LogP contribution < -0.4 is 4.74 Å². The van der Waals surface area contributed by atoms with Crippen LogP contribution in [0.25, 0.3) is 0 Å². The van der Waals surface area contributed by atoms with Gasteiger partial charge >= 0.3 is 11.9 Å². The summed E-state index contributed by atoms with van der Waals surface area (Å²) in [5, 5.41) is 8.76. The molecule has 78 valence electrons. The smallest absolute Gasteiger partial charge is 0.335 e. The Morgan fingerprint density at radius 1 is 1.47 bits per heavy atom. The highest BCUT2D eigenvalue weighted by Crippen LogP contribution is 2.17. The summed E-state index contributed by atoms with van der Waals surface area (Å²) < 4.78 is 4.83. The highest BCUT2D eigenvalue weighted by molar-refractivity contribution is 5.89. The Morgan fingerprint density at radius 2 is 2.13 bits per heavy atom. The summed E-state index contributed by atoms with van der Waals surface area (Å²) in [6.07, 6.45) is 1.04. The summed E-state index contributed by atoms with van der Waals surface area (Å²) in [6.45, 7) is 4.89. The topological polar surface area (TPSA) is 63.6 Å². The Labute approximate surface area is 86.8 Å². The average Bonchev–Trinajstić information content (AvgIpc) is 2.17. The van der Waals surface area contributed by atoms with Crippen LogP contribution in [0.2, 0.25) is 0 Å². The molecule has 1 N–H and O–H groups in total. The first-order valence-corrected chi connectivity index (χ1v) is 4.23. The highest BCUT2D eigenvalue weighted by atomic mass is 16.5. The van der Waals surface area contributed by atoms with Crippen LogP contribution in [0.3, 0.4) is 0 Å². The molecule has 1 rings (SSSR count). The van der Waals surface area contributed by atoms with Gasteiger partial charge in [0.05, 0.1) is 5.56 Å². The minimum absolute atomic E-state index is 0.188. The first kappa shape index (κ1) is 11.0. The number of benzene rings is 1. The van der Waals surface area contributed by atoms with Crippen LogP contribution in [0, 0.1) is 6.92 Å². The van der Waals surface area contributed by atoms with Gasteiger partial charge in [-0.15, -0.1) is 0 Å². The monoisotopic (exact) mass is 206 g/mol. The second kappa shape index (κ2) is 4.41. The van der Waals surface area contributed by atoms with Crippen molar-refractivity contribution in [3.05, 3.63) is 42.0 Å². The predicted octanol–water partition coefficient (Wildman–Crippen LogP) is 1.78. The number of esters is 1. The molecule has 0 unspecified atom stereocenters. The van der Waals surface area contributed by atoms with Gasteiger partial charge in [0.25, 0.3) is 0 Å². The molecule has 0 bridgehead atoms. The number of carbonyl (C=O) groups is 2. The van der Waals surface area contributed by atoms with E-state index in [1.165, 1.54) is 18.2 Å². The van der Waals surface area contributed by atoms with Crippen LogP contribution in [-0.4, -0.2) is 17.0 Å². The molecular weight excluding hydrogens is 196 g/mol. The molecular formula is C11H10O4. The van der Waals surface area contributed by atoms with Gasteiger partial charge < -0.3 is 9.84 Å². The maximum absolute atomic E-state index is 10.9. The van der Waals surface area contributed by atoms with Crippen LogP contribution in [-0.2, 0) is 4.79 Å². The first-order chi connectivity index (χ1) is 7.04. The first-order valence-electron chi connectivity index (χ1n) is 4.23. The molecule has 0 aliphatic rings. The third-order valence-electron chi connectivity index (χ3n) is 1.81. The van der Waals surface area contributed by atoms with Crippen LogP contribution in [0.4, 0.5) is 0 Å². The number of carboxylic acid groups (broad SMARTS) is 1. The number of carboxylic acids is 1. The molecule has 0 saturated heterocycles. The van der Waals surface area contributed by atoms with Crippen LogP contribution in [0.1, 0.15) is 15.9 Å². The van der Waals surface area contributed by atoms with E-state index >= 15 is 0 Å². The van der Waals surface area contributed by atoms with Gasteiger partial charge in [-0.05, 0) is 30.7 Å². The number of ether oxygens (including phenoxy) is 1. The van der Waals surface area contributed by atoms with Crippen molar-refractivity contribution >= 4 is 11.9 Å². The van der Waals surface area contributed by atoms with Gasteiger partial charge in [0.2, 0.25) is 0 Å².